The average molecular weight is 366 g/mol. The quantitative estimate of drug-likeness (QED) is 0.748. The summed E-state index contributed by atoms with van der Waals surface area (Å²) in [5.41, 5.74) is 5.24. The van der Waals surface area contributed by atoms with E-state index in [9.17, 15) is 0 Å². The molecule has 142 valence electrons. The largest absolute Gasteiger partial charge is 0.379 e. The van der Waals surface area contributed by atoms with Crippen LogP contribution in [0.5, 0.6) is 0 Å². The fourth-order valence-corrected chi connectivity index (χ4v) is 3.60. The van der Waals surface area contributed by atoms with Gasteiger partial charge in [-0.1, -0.05) is 6.07 Å². The maximum Gasteiger partial charge on any atom is 0.160 e. The average Bonchev–Trinajstić information content (AvgIpc) is 2.98. The van der Waals surface area contributed by atoms with Crippen molar-refractivity contribution in [1.29, 1.82) is 0 Å². The van der Waals surface area contributed by atoms with E-state index in [2.05, 4.69) is 44.3 Å². The van der Waals surface area contributed by atoms with Crippen LogP contribution in [0.1, 0.15) is 28.6 Å². The summed E-state index contributed by atoms with van der Waals surface area (Å²) in [6, 6.07) is 6.42. The topological polar surface area (TPSA) is 67.6 Å². The van der Waals surface area contributed by atoms with Crippen molar-refractivity contribution in [2.45, 2.75) is 26.8 Å². The fraction of sp³-hybridized carbons (Fsp3) is 0.450. The van der Waals surface area contributed by atoms with Crippen LogP contribution in [0.2, 0.25) is 0 Å². The minimum Gasteiger partial charge on any atom is -0.379 e. The summed E-state index contributed by atoms with van der Waals surface area (Å²) in [6.07, 6.45) is 3.77. The summed E-state index contributed by atoms with van der Waals surface area (Å²) in [4.78, 5) is 11.4. The summed E-state index contributed by atoms with van der Waals surface area (Å²) < 4.78 is 7.45. The summed E-state index contributed by atoms with van der Waals surface area (Å²) in [6.45, 7) is 10.3. The molecule has 7 heteroatoms. The van der Waals surface area contributed by atoms with Gasteiger partial charge in [-0.3, -0.25) is 9.88 Å². The zero-order valence-corrected chi connectivity index (χ0v) is 16.1. The molecule has 1 saturated heterocycles. The number of hydrogen-bond acceptors (Lipinski definition) is 6. The molecule has 0 radical (unpaired) electrons. The third-order valence-electron chi connectivity index (χ3n) is 5.22. The summed E-state index contributed by atoms with van der Waals surface area (Å²) in [5.74, 6) is 0.968. The Balaban J connectivity index is 1.63. The Morgan fingerprint density at radius 1 is 1.22 bits per heavy atom. The third-order valence-corrected chi connectivity index (χ3v) is 5.22. The van der Waals surface area contributed by atoms with Crippen molar-refractivity contribution in [3.05, 3.63) is 53.1 Å². The number of nitrogens with one attached hydrogen (secondary N) is 1. The lowest BCUT2D eigenvalue weighted by Gasteiger charge is -2.34. The van der Waals surface area contributed by atoms with Crippen molar-refractivity contribution in [1.82, 2.24) is 24.5 Å². The standard InChI is InChI=1S/C20H26N6O/c1-14-11-19(26-20(23-14)15(2)16(3)24-26)22-13-18(17-5-4-6-21-12-17)25-7-9-27-10-8-25/h4-6,11-12,18,22H,7-10,13H2,1-3H3/t18-/m1/s1. The molecule has 0 aromatic carbocycles. The molecular formula is C20H26N6O. The van der Waals surface area contributed by atoms with Gasteiger partial charge in [-0.2, -0.15) is 9.61 Å². The van der Waals surface area contributed by atoms with Gasteiger partial charge in [-0.15, -0.1) is 0 Å². The number of ether oxygens (including phenoxy) is 1. The van der Waals surface area contributed by atoms with Crippen LogP contribution in [-0.4, -0.2) is 57.3 Å². The highest BCUT2D eigenvalue weighted by Crippen LogP contribution is 2.23. The van der Waals surface area contributed by atoms with E-state index in [0.717, 1.165) is 61.3 Å². The van der Waals surface area contributed by atoms with Gasteiger partial charge >= 0.3 is 0 Å². The first kappa shape index (κ1) is 17.9. The van der Waals surface area contributed by atoms with Crippen LogP contribution < -0.4 is 5.32 Å². The molecule has 0 unspecified atom stereocenters. The maximum absolute atomic E-state index is 5.54. The molecule has 1 atom stereocenters. The normalized spacial score (nSPS) is 16.6. The predicted octanol–water partition coefficient (Wildman–Crippen LogP) is 2.53. The molecule has 1 aliphatic rings. The molecule has 4 heterocycles. The van der Waals surface area contributed by atoms with Gasteiger partial charge in [0.1, 0.15) is 5.82 Å². The molecule has 0 spiro atoms. The number of hydrogen-bond donors (Lipinski definition) is 1. The van der Waals surface area contributed by atoms with E-state index in [1.54, 1.807) is 0 Å². The molecule has 0 saturated carbocycles. The molecule has 27 heavy (non-hydrogen) atoms. The number of aryl methyl sites for hydroxylation is 3. The van der Waals surface area contributed by atoms with Gasteiger partial charge in [0.25, 0.3) is 0 Å². The molecule has 0 bridgehead atoms. The second-order valence-corrected chi connectivity index (χ2v) is 7.06. The van der Waals surface area contributed by atoms with Gasteiger partial charge in [-0.05, 0) is 32.4 Å². The first-order chi connectivity index (χ1) is 13.1. The third kappa shape index (κ3) is 3.65. The molecule has 4 rings (SSSR count). The second-order valence-electron chi connectivity index (χ2n) is 7.06. The molecule has 0 amide bonds. The highest BCUT2D eigenvalue weighted by atomic mass is 16.5. The van der Waals surface area contributed by atoms with Crippen LogP contribution in [0, 0.1) is 20.8 Å². The van der Waals surface area contributed by atoms with E-state index >= 15 is 0 Å². The van der Waals surface area contributed by atoms with Gasteiger partial charge in [0.15, 0.2) is 5.65 Å². The van der Waals surface area contributed by atoms with Gasteiger partial charge in [0.2, 0.25) is 0 Å². The number of fused-ring (bicyclic) bond motifs is 1. The molecule has 3 aromatic heterocycles. The molecule has 1 fully saturated rings. The van der Waals surface area contributed by atoms with Gasteiger partial charge in [0, 0.05) is 49.4 Å². The fourth-order valence-electron chi connectivity index (χ4n) is 3.60. The zero-order chi connectivity index (χ0) is 18.8. The Morgan fingerprint density at radius 3 is 2.78 bits per heavy atom. The van der Waals surface area contributed by atoms with Gasteiger partial charge in [-0.25, -0.2) is 4.98 Å². The zero-order valence-electron chi connectivity index (χ0n) is 16.1. The van der Waals surface area contributed by atoms with Crippen LogP contribution >= 0.6 is 0 Å². The van der Waals surface area contributed by atoms with E-state index in [-0.39, 0.29) is 6.04 Å². The van der Waals surface area contributed by atoms with Crippen molar-refractivity contribution in [3.8, 4) is 0 Å². The van der Waals surface area contributed by atoms with Crippen LogP contribution in [-0.2, 0) is 4.74 Å². The summed E-state index contributed by atoms with van der Waals surface area (Å²) >= 11 is 0. The van der Waals surface area contributed by atoms with E-state index in [1.807, 2.05) is 36.8 Å². The second kappa shape index (κ2) is 7.62. The number of aromatic nitrogens is 4. The van der Waals surface area contributed by atoms with Crippen molar-refractivity contribution >= 4 is 11.5 Å². The summed E-state index contributed by atoms with van der Waals surface area (Å²) in [5, 5.41) is 8.28. The smallest absolute Gasteiger partial charge is 0.160 e. The molecule has 1 aliphatic heterocycles. The molecule has 3 aromatic rings. The lowest BCUT2D eigenvalue weighted by atomic mass is 10.1. The first-order valence-corrected chi connectivity index (χ1v) is 9.42. The highest BCUT2D eigenvalue weighted by molar-refractivity contribution is 5.56. The van der Waals surface area contributed by atoms with Gasteiger partial charge in [0.05, 0.1) is 24.9 Å². The van der Waals surface area contributed by atoms with Crippen molar-refractivity contribution < 1.29 is 4.74 Å². The molecule has 1 N–H and O–H groups in total. The number of nitrogens with zero attached hydrogens (tertiary/aromatic N) is 5. The molecular weight excluding hydrogens is 340 g/mol. The Bertz CT molecular complexity index is 917. The number of morpholine rings is 1. The highest BCUT2D eigenvalue weighted by Gasteiger charge is 2.23. The monoisotopic (exact) mass is 366 g/mol. The van der Waals surface area contributed by atoms with Crippen molar-refractivity contribution in [2.75, 3.05) is 38.2 Å². The van der Waals surface area contributed by atoms with Gasteiger partial charge < -0.3 is 10.1 Å². The number of pyridine rings is 1. The van der Waals surface area contributed by atoms with Crippen LogP contribution in [0.4, 0.5) is 5.82 Å². The van der Waals surface area contributed by atoms with Crippen LogP contribution in [0.25, 0.3) is 5.65 Å². The van der Waals surface area contributed by atoms with E-state index in [0.29, 0.717) is 0 Å². The molecule has 7 nitrogen and oxygen atoms in total. The molecule has 0 aliphatic carbocycles. The lowest BCUT2D eigenvalue weighted by molar-refractivity contribution is 0.0186. The Morgan fingerprint density at radius 2 is 2.04 bits per heavy atom. The lowest BCUT2D eigenvalue weighted by Crippen LogP contribution is -2.41. The van der Waals surface area contributed by atoms with Crippen LogP contribution in [0.3, 0.4) is 0 Å². The Hall–Kier alpha value is -2.51. The van der Waals surface area contributed by atoms with Crippen molar-refractivity contribution in [2.24, 2.45) is 0 Å². The Labute approximate surface area is 159 Å². The maximum atomic E-state index is 5.54. The Kier molecular flexibility index (Phi) is 5.05. The minimum absolute atomic E-state index is 0.226. The predicted molar refractivity (Wildman–Crippen MR) is 105 cm³/mol. The van der Waals surface area contributed by atoms with E-state index < -0.39 is 0 Å². The number of anilines is 1. The number of rotatable bonds is 5. The SMILES string of the molecule is Cc1cc(NC[C@H](c2cccnc2)N2CCOCC2)n2nc(C)c(C)c2n1. The van der Waals surface area contributed by atoms with E-state index in [1.165, 1.54) is 5.56 Å². The summed E-state index contributed by atoms with van der Waals surface area (Å²) in [7, 11) is 0. The van der Waals surface area contributed by atoms with Crippen LogP contribution in [0.15, 0.2) is 30.6 Å². The minimum atomic E-state index is 0.226. The van der Waals surface area contributed by atoms with E-state index in [4.69, 9.17) is 4.74 Å². The van der Waals surface area contributed by atoms with Crippen molar-refractivity contribution in [3.63, 3.8) is 0 Å². The first-order valence-electron chi connectivity index (χ1n) is 9.42.